The third-order valence-corrected chi connectivity index (χ3v) is 6.19. The van der Waals surface area contributed by atoms with E-state index in [9.17, 15) is 9.18 Å². The SMILES string of the molecule is C=CCSc1nnc(NC(=O)C2(c3cccc(F)c3)CCCC2)s1. The molecule has 3 rings (SSSR count). The van der Waals surface area contributed by atoms with Crippen LogP contribution in [0.25, 0.3) is 0 Å². The van der Waals surface area contributed by atoms with E-state index >= 15 is 0 Å². The Hall–Kier alpha value is -1.73. The summed E-state index contributed by atoms with van der Waals surface area (Å²) in [7, 11) is 0. The summed E-state index contributed by atoms with van der Waals surface area (Å²) in [4.78, 5) is 13.0. The second-order valence-corrected chi connectivity index (χ2v) is 7.97. The molecule has 1 fully saturated rings. The maximum atomic E-state index is 13.6. The minimum atomic E-state index is -0.678. The van der Waals surface area contributed by atoms with Crippen molar-refractivity contribution in [2.75, 3.05) is 11.1 Å². The normalized spacial score (nSPS) is 16.0. The molecule has 126 valence electrons. The van der Waals surface area contributed by atoms with Gasteiger partial charge in [0.15, 0.2) is 4.34 Å². The van der Waals surface area contributed by atoms with Crippen LogP contribution in [-0.4, -0.2) is 21.9 Å². The zero-order valence-electron chi connectivity index (χ0n) is 13.1. The summed E-state index contributed by atoms with van der Waals surface area (Å²) >= 11 is 2.87. The van der Waals surface area contributed by atoms with Crippen LogP contribution in [0, 0.1) is 5.82 Å². The number of hydrogen-bond donors (Lipinski definition) is 1. The third-order valence-electron chi connectivity index (χ3n) is 4.22. The van der Waals surface area contributed by atoms with Crippen LogP contribution in [0.3, 0.4) is 0 Å². The molecule has 7 heteroatoms. The van der Waals surface area contributed by atoms with Gasteiger partial charge in [-0.25, -0.2) is 4.39 Å². The van der Waals surface area contributed by atoms with Crippen LogP contribution < -0.4 is 5.32 Å². The quantitative estimate of drug-likeness (QED) is 0.469. The van der Waals surface area contributed by atoms with Crippen LogP contribution in [0.15, 0.2) is 41.3 Å². The summed E-state index contributed by atoms with van der Waals surface area (Å²) < 4.78 is 14.4. The van der Waals surface area contributed by atoms with E-state index in [1.807, 2.05) is 6.07 Å². The molecule has 0 unspecified atom stereocenters. The lowest BCUT2D eigenvalue weighted by Gasteiger charge is -2.27. The van der Waals surface area contributed by atoms with Gasteiger partial charge in [0.1, 0.15) is 5.82 Å². The highest BCUT2D eigenvalue weighted by Crippen LogP contribution is 2.42. The van der Waals surface area contributed by atoms with Crippen molar-refractivity contribution < 1.29 is 9.18 Å². The van der Waals surface area contributed by atoms with Crippen molar-refractivity contribution in [2.24, 2.45) is 0 Å². The average Bonchev–Trinajstić information content (AvgIpc) is 3.23. The van der Waals surface area contributed by atoms with Crippen molar-refractivity contribution in [3.8, 4) is 0 Å². The van der Waals surface area contributed by atoms with Crippen LogP contribution in [0.2, 0.25) is 0 Å². The van der Waals surface area contributed by atoms with E-state index in [2.05, 4.69) is 22.1 Å². The van der Waals surface area contributed by atoms with Crippen molar-refractivity contribution >= 4 is 34.1 Å². The third kappa shape index (κ3) is 3.52. The van der Waals surface area contributed by atoms with Gasteiger partial charge in [-0.1, -0.05) is 54.1 Å². The first kappa shape index (κ1) is 17.1. The number of rotatable bonds is 6. The number of carbonyl (C=O) groups excluding carboxylic acids is 1. The molecule has 1 N–H and O–H groups in total. The molecule has 1 amide bonds. The number of hydrogen-bond acceptors (Lipinski definition) is 5. The van der Waals surface area contributed by atoms with Crippen LogP contribution in [0.5, 0.6) is 0 Å². The highest BCUT2D eigenvalue weighted by molar-refractivity contribution is 8.01. The number of benzene rings is 1. The first-order chi connectivity index (χ1) is 11.6. The Balaban J connectivity index is 1.80. The topological polar surface area (TPSA) is 54.9 Å². The minimum Gasteiger partial charge on any atom is -0.300 e. The van der Waals surface area contributed by atoms with Gasteiger partial charge in [0.25, 0.3) is 0 Å². The van der Waals surface area contributed by atoms with Gasteiger partial charge < -0.3 is 0 Å². The van der Waals surface area contributed by atoms with Crippen molar-refractivity contribution in [2.45, 2.75) is 35.4 Å². The number of nitrogens with zero attached hydrogens (tertiary/aromatic N) is 2. The van der Waals surface area contributed by atoms with Gasteiger partial charge in [0.2, 0.25) is 11.0 Å². The summed E-state index contributed by atoms with van der Waals surface area (Å²) in [6, 6.07) is 6.36. The van der Waals surface area contributed by atoms with E-state index in [-0.39, 0.29) is 11.7 Å². The Labute approximate surface area is 148 Å². The van der Waals surface area contributed by atoms with E-state index < -0.39 is 5.41 Å². The molecule has 1 aliphatic carbocycles. The molecule has 0 atom stereocenters. The van der Waals surface area contributed by atoms with E-state index in [4.69, 9.17) is 0 Å². The standard InChI is InChI=1S/C17H18FN3OS2/c1-2-10-23-16-21-20-15(24-16)19-14(22)17(8-3-4-9-17)12-6-5-7-13(18)11-12/h2,5-7,11H,1,3-4,8-10H2,(H,19,20,22). The second-order valence-electron chi connectivity index (χ2n) is 5.73. The van der Waals surface area contributed by atoms with E-state index in [1.54, 1.807) is 12.1 Å². The Morgan fingerprint density at radius 1 is 1.42 bits per heavy atom. The number of anilines is 1. The molecule has 0 saturated heterocycles. The molecule has 1 aliphatic rings. The lowest BCUT2D eigenvalue weighted by Crippen LogP contribution is -2.38. The predicted molar refractivity (Wildman–Crippen MR) is 96.0 cm³/mol. The molecule has 24 heavy (non-hydrogen) atoms. The monoisotopic (exact) mass is 363 g/mol. The van der Waals surface area contributed by atoms with Gasteiger partial charge in [0, 0.05) is 5.75 Å². The Bertz CT molecular complexity index is 741. The van der Waals surface area contributed by atoms with Crippen LogP contribution in [0.4, 0.5) is 9.52 Å². The van der Waals surface area contributed by atoms with Crippen molar-refractivity contribution in [3.05, 3.63) is 48.3 Å². The molecule has 1 aromatic carbocycles. The van der Waals surface area contributed by atoms with Crippen molar-refractivity contribution in [1.29, 1.82) is 0 Å². The molecule has 0 spiro atoms. The molecule has 0 radical (unpaired) electrons. The largest absolute Gasteiger partial charge is 0.300 e. The Morgan fingerprint density at radius 2 is 2.21 bits per heavy atom. The first-order valence-corrected chi connectivity index (χ1v) is 9.59. The lowest BCUT2D eigenvalue weighted by molar-refractivity contribution is -0.121. The minimum absolute atomic E-state index is 0.123. The molecule has 1 saturated carbocycles. The number of aromatic nitrogens is 2. The summed E-state index contributed by atoms with van der Waals surface area (Å²) in [6.45, 7) is 3.67. The lowest BCUT2D eigenvalue weighted by atomic mass is 9.78. The number of thioether (sulfide) groups is 1. The fourth-order valence-electron chi connectivity index (χ4n) is 3.08. The van der Waals surface area contributed by atoms with Crippen molar-refractivity contribution in [3.63, 3.8) is 0 Å². The predicted octanol–water partition coefficient (Wildman–Crippen LogP) is 4.41. The summed E-state index contributed by atoms with van der Waals surface area (Å²) in [5.74, 6) is 0.308. The number of nitrogens with one attached hydrogen (secondary N) is 1. The number of halogens is 1. The van der Waals surface area contributed by atoms with Gasteiger partial charge >= 0.3 is 0 Å². The van der Waals surface area contributed by atoms with E-state index in [0.717, 1.165) is 41.3 Å². The van der Waals surface area contributed by atoms with Crippen LogP contribution >= 0.6 is 23.1 Å². The van der Waals surface area contributed by atoms with Crippen LogP contribution in [0.1, 0.15) is 31.2 Å². The van der Waals surface area contributed by atoms with Gasteiger partial charge in [0.05, 0.1) is 5.41 Å². The van der Waals surface area contributed by atoms with Gasteiger partial charge in [-0.05, 0) is 30.5 Å². The van der Waals surface area contributed by atoms with E-state index in [1.165, 1.54) is 35.2 Å². The van der Waals surface area contributed by atoms with Gasteiger partial charge in [-0.15, -0.1) is 16.8 Å². The molecular weight excluding hydrogens is 345 g/mol. The van der Waals surface area contributed by atoms with Gasteiger partial charge in [-0.2, -0.15) is 0 Å². The number of amides is 1. The molecular formula is C17H18FN3OS2. The molecule has 2 aromatic rings. The zero-order valence-corrected chi connectivity index (χ0v) is 14.8. The second kappa shape index (κ2) is 7.44. The zero-order chi connectivity index (χ0) is 17.0. The van der Waals surface area contributed by atoms with E-state index in [0.29, 0.717) is 5.13 Å². The summed E-state index contributed by atoms with van der Waals surface area (Å²) in [5.41, 5.74) is 0.0608. The summed E-state index contributed by atoms with van der Waals surface area (Å²) in [5, 5.41) is 11.4. The molecule has 1 aromatic heterocycles. The molecule has 0 aliphatic heterocycles. The van der Waals surface area contributed by atoms with Crippen LogP contribution in [-0.2, 0) is 10.2 Å². The molecule has 0 bridgehead atoms. The Morgan fingerprint density at radius 3 is 2.92 bits per heavy atom. The maximum Gasteiger partial charge on any atom is 0.236 e. The fraction of sp³-hybridized carbons (Fsp3) is 0.353. The Kier molecular flexibility index (Phi) is 5.30. The fourth-order valence-corrected chi connectivity index (χ4v) is 4.59. The number of carbonyl (C=O) groups is 1. The van der Waals surface area contributed by atoms with Gasteiger partial charge in [-0.3, -0.25) is 10.1 Å². The van der Waals surface area contributed by atoms with Crippen molar-refractivity contribution in [1.82, 2.24) is 10.2 Å². The molecule has 1 heterocycles. The highest BCUT2D eigenvalue weighted by atomic mass is 32.2. The highest BCUT2D eigenvalue weighted by Gasteiger charge is 2.43. The molecule has 4 nitrogen and oxygen atoms in total. The first-order valence-electron chi connectivity index (χ1n) is 7.79. The average molecular weight is 363 g/mol. The smallest absolute Gasteiger partial charge is 0.236 e. The maximum absolute atomic E-state index is 13.6. The summed E-state index contributed by atoms with van der Waals surface area (Å²) in [6.07, 6.45) is 5.15.